The fourth-order valence-corrected chi connectivity index (χ4v) is 3.24. The Morgan fingerprint density at radius 2 is 2.12 bits per heavy atom. The van der Waals surface area contributed by atoms with E-state index in [1.165, 1.54) is 0 Å². The molecule has 1 unspecified atom stereocenters. The summed E-state index contributed by atoms with van der Waals surface area (Å²) in [6.07, 6.45) is 3.32. The summed E-state index contributed by atoms with van der Waals surface area (Å²) in [5.74, 6) is -1.62. The second kappa shape index (κ2) is 3.55. The number of aliphatic carboxylic acids is 1. The number of rotatable bonds is 1. The monoisotopic (exact) mass is 226 g/mol. The van der Waals surface area contributed by atoms with E-state index >= 15 is 0 Å². The van der Waals surface area contributed by atoms with Crippen molar-refractivity contribution in [2.24, 2.45) is 11.3 Å². The molecule has 0 aromatic heterocycles. The standard InChI is InChI=1S/C12H18O4/c1-11-5-2-3-9(13)12(11,16)7-8(4-6-11)10(14)15/h8,16H,2-7H2,1H3,(H,14,15)/t8-,11-,12?/m1/s1. The first kappa shape index (κ1) is 11.6. The first-order chi connectivity index (χ1) is 7.39. The normalized spacial score (nSPS) is 43.9. The summed E-state index contributed by atoms with van der Waals surface area (Å²) in [5, 5.41) is 19.5. The van der Waals surface area contributed by atoms with Gasteiger partial charge in [0, 0.05) is 11.8 Å². The van der Waals surface area contributed by atoms with Crippen LogP contribution in [0.1, 0.15) is 45.4 Å². The Kier molecular flexibility index (Phi) is 2.57. The van der Waals surface area contributed by atoms with Gasteiger partial charge in [0.25, 0.3) is 0 Å². The highest BCUT2D eigenvalue weighted by atomic mass is 16.4. The maximum atomic E-state index is 11.9. The third-order valence-electron chi connectivity index (χ3n) is 4.53. The van der Waals surface area contributed by atoms with Crippen LogP contribution in [0.15, 0.2) is 0 Å². The maximum absolute atomic E-state index is 11.9. The molecule has 0 spiro atoms. The molecule has 4 heteroatoms. The van der Waals surface area contributed by atoms with E-state index in [0.29, 0.717) is 19.3 Å². The summed E-state index contributed by atoms with van der Waals surface area (Å²) >= 11 is 0. The molecule has 0 saturated heterocycles. The molecule has 0 aromatic rings. The van der Waals surface area contributed by atoms with E-state index in [-0.39, 0.29) is 12.2 Å². The lowest BCUT2D eigenvalue weighted by Gasteiger charge is -2.51. The smallest absolute Gasteiger partial charge is 0.306 e. The third kappa shape index (κ3) is 1.47. The molecule has 0 aliphatic heterocycles. The molecule has 0 amide bonds. The number of carboxylic acids is 1. The molecule has 3 atom stereocenters. The second-order valence-corrected chi connectivity index (χ2v) is 5.48. The van der Waals surface area contributed by atoms with Crippen LogP contribution in [0.4, 0.5) is 0 Å². The molecule has 2 aliphatic rings. The molecule has 2 N–H and O–H groups in total. The molecule has 0 bridgehead atoms. The maximum Gasteiger partial charge on any atom is 0.306 e. The number of carbonyl (C=O) groups excluding carboxylic acids is 1. The number of carbonyl (C=O) groups is 2. The summed E-state index contributed by atoms with van der Waals surface area (Å²) in [6, 6.07) is 0. The lowest BCUT2D eigenvalue weighted by molar-refractivity contribution is -0.178. The Hall–Kier alpha value is -0.900. The highest BCUT2D eigenvalue weighted by Gasteiger charge is 2.57. The highest BCUT2D eigenvalue weighted by Crippen LogP contribution is 2.52. The van der Waals surface area contributed by atoms with Crippen LogP contribution in [0.5, 0.6) is 0 Å². The largest absolute Gasteiger partial charge is 0.481 e. The van der Waals surface area contributed by atoms with Crippen LogP contribution in [0, 0.1) is 11.3 Å². The van der Waals surface area contributed by atoms with Crippen LogP contribution in [-0.4, -0.2) is 27.6 Å². The third-order valence-corrected chi connectivity index (χ3v) is 4.53. The van der Waals surface area contributed by atoms with Gasteiger partial charge in [-0.3, -0.25) is 9.59 Å². The average Bonchev–Trinajstić information content (AvgIpc) is 2.20. The van der Waals surface area contributed by atoms with Crippen LogP contribution < -0.4 is 0 Å². The van der Waals surface area contributed by atoms with Crippen LogP contribution in [-0.2, 0) is 9.59 Å². The van der Waals surface area contributed by atoms with Crippen molar-refractivity contribution in [3.8, 4) is 0 Å². The van der Waals surface area contributed by atoms with E-state index < -0.39 is 22.9 Å². The molecule has 0 aromatic carbocycles. The molecule has 2 rings (SSSR count). The lowest BCUT2D eigenvalue weighted by Crippen LogP contribution is -2.59. The first-order valence-corrected chi connectivity index (χ1v) is 5.87. The van der Waals surface area contributed by atoms with Crippen LogP contribution in [0.25, 0.3) is 0 Å². The minimum absolute atomic E-state index is 0.0949. The number of Topliss-reactive ketones (excluding diaryl/α,β-unsaturated/α-hetero) is 1. The average molecular weight is 226 g/mol. The van der Waals surface area contributed by atoms with E-state index in [1.807, 2.05) is 6.92 Å². The van der Waals surface area contributed by atoms with Crippen molar-refractivity contribution in [2.45, 2.75) is 51.0 Å². The Morgan fingerprint density at radius 1 is 1.44 bits per heavy atom. The summed E-state index contributed by atoms with van der Waals surface area (Å²) in [5.41, 5.74) is -1.80. The number of aliphatic hydroxyl groups is 1. The predicted octanol–water partition coefficient (Wildman–Crippen LogP) is 1.36. The minimum atomic E-state index is -1.40. The SMILES string of the molecule is C[C@]12CCCC(=O)C1(O)C[C@H](C(=O)O)CC2. The Balaban J connectivity index is 2.29. The van der Waals surface area contributed by atoms with E-state index in [2.05, 4.69) is 0 Å². The van der Waals surface area contributed by atoms with Crippen LogP contribution in [0.3, 0.4) is 0 Å². The van der Waals surface area contributed by atoms with Crippen molar-refractivity contribution < 1.29 is 19.8 Å². The molecule has 4 nitrogen and oxygen atoms in total. The van der Waals surface area contributed by atoms with Crippen molar-refractivity contribution in [3.05, 3.63) is 0 Å². The molecule has 16 heavy (non-hydrogen) atoms. The van der Waals surface area contributed by atoms with Gasteiger partial charge in [-0.05, 0) is 32.1 Å². The van der Waals surface area contributed by atoms with E-state index in [1.54, 1.807) is 0 Å². The van der Waals surface area contributed by atoms with Crippen molar-refractivity contribution in [1.82, 2.24) is 0 Å². The Morgan fingerprint density at radius 3 is 2.75 bits per heavy atom. The molecule has 2 aliphatic carbocycles. The fourth-order valence-electron chi connectivity index (χ4n) is 3.24. The van der Waals surface area contributed by atoms with Gasteiger partial charge in [0.15, 0.2) is 5.78 Å². The predicted molar refractivity (Wildman–Crippen MR) is 56.9 cm³/mol. The van der Waals surface area contributed by atoms with Gasteiger partial charge >= 0.3 is 5.97 Å². The lowest BCUT2D eigenvalue weighted by atomic mass is 9.55. The van der Waals surface area contributed by atoms with E-state index in [4.69, 9.17) is 5.11 Å². The van der Waals surface area contributed by atoms with Crippen LogP contribution >= 0.6 is 0 Å². The zero-order valence-electron chi connectivity index (χ0n) is 9.53. The van der Waals surface area contributed by atoms with Crippen molar-refractivity contribution in [1.29, 1.82) is 0 Å². The quantitative estimate of drug-likeness (QED) is 0.708. The minimum Gasteiger partial charge on any atom is -0.481 e. The molecular formula is C12H18O4. The zero-order chi connectivity index (χ0) is 12.0. The Labute approximate surface area is 94.7 Å². The van der Waals surface area contributed by atoms with Crippen molar-refractivity contribution >= 4 is 11.8 Å². The van der Waals surface area contributed by atoms with Gasteiger partial charge in [-0.1, -0.05) is 6.92 Å². The summed E-state index contributed by atoms with van der Waals surface area (Å²) < 4.78 is 0. The molecule has 0 radical (unpaired) electrons. The molecule has 2 fully saturated rings. The summed E-state index contributed by atoms with van der Waals surface area (Å²) in [6.45, 7) is 1.92. The van der Waals surface area contributed by atoms with E-state index in [0.717, 1.165) is 12.8 Å². The highest BCUT2D eigenvalue weighted by molar-refractivity contribution is 5.89. The van der Waals surface area contributed by atoms with Crippen molar-refractivity contribution in [3.63, 3.8) is 0 Å². The fraction of sp³-hybridized carbons (Fsp3) is 0.833. The number of hydrogen-bond acceptors (Lipinski definition) is 3. The van der Waals surface area contributed by atoms with Gasteiger partial charge in [-0.25, -0.2) is 0 Å². The molecular weight excluding hydrogens is 208 g/mol. The van der Waals surface area contributed by atoms with Gasteiger partial charge in [-0.15, -0.1) is 0 Å². The zero-order valence-corrected chi connectivity index (χ0v) is 9.53. The first-order valence-electron chi connectivity index (χ1n) is 5.87. The second-order valence-electron chi connectivity index (χ2n) is 5.48. The van der Waals surface area contributed by atoms with Gasteiger partial charge in [0.05, 0.1) is 5.92 Å². The number of ketones is 1. The molecule has 90 valence electrons. The van der Waals surface area contributed by atoms with Gasteiger partial charge in [0.2, 0.25) is 0 Å². The topological polar surface area (TPSA) is 74.6 Å². The number of carboxylic acid groups (broad SMARTS) is 1. The summed E-state index contributed by atoms with van der Waals surface area (Å²) in [4.78, 5) is 22.8. The van der Waals surface area contributed by atoms with Crippen molar-refractivity contribution in [2.75, 3.05) is 0 Å². The summed E-state index contributed by atoms with van der Waals surface area (Å²) in [7, 11) is 0. The van der Waals surface area contributed by atoms with Crippen LogP contribution in [0.2, 0.25) is 0 Å². The Bertz CT molecular complexity index is 338. The van der Waals surface area contributed by atoms with Gasteiger partial charge < -0.3 is 10.2 Å². The number of fused-ring (bicyclic) bond motifs is 1. The number of hydrogen-bond donors (Lipinski definition) is 2. The van der Waals surface area contributed by atoms with Gasteiger partial charge in [0.1, 0.15) is 5.60 Å². The van der Waals surface area contributed by atoms with E-state index in [9.17, 15) is 14.7 Å². The molecule has 2 saturated carbocycles. The van der Waals surface area contributed by atoms with Gasteiger partial charge in [-0.2, -0.15) is 0 Å². The molecule has 0 heterocycles.